The zero-order valence-corrected chi connectivity index (χ0v) is 6.15. The van der Waals surface area contributed by atoms with E-state index in [1.807, 2.05) is 0 Å². The van der Waals surface area contributed by atoms with Gasteiger partial charge in [-0.1, -0.05) is 13.8 Å². The molecule has 0 aromatic carbocycles. The maximum atomic E-state index is 3.88. The van der Waals surface area contributed by atoms with E-state index >= 15 is 0 Å². The number of hydrogen-bond acceptors (Lipinski definition) is 1. The second kappa shape index (κ2) is 3.90. The summed E-state index contributed by atoms with van der Waals surface area (Å²) in [5.41, 5.74) is 0. The van der Waals surface area contributed by atoms with Crippen molar-refractivity contribution < 1.29 is 0 Å². The molecular weight excluding hydrogens is 98.1 g/mol. The number of nitrogens with zero attached hydrogens (tertiary/aromatic N) is 1. The van der Waals surface area contributed by atoms with Gasteiger partial charge in [-0.05, 0) is 20.0 Å². The van der Waals surface area contributed by atoms with Gasteiger partial charge < -0.3 is 11.8 Å². The fourth-order valence-corrected chi connectivity index (χ4v) is 0.573. The summed E-state index contributed by atoms with van der Waals surface area (Å²) in [5, 5.41) is 0. The van der Waals surface area contributed by atoms with Crippen molar-refractivity contribution in [3.8, 4) is 0 Å². The molecule has 0 bridgehead atoms. The molecule has 0 spiro atoms. The molecule has 0 saturated heterocycles. The largest absolute Gasteiger partial charge is 0.333 e. The summed E-state index contributed by atoms with van der Waals surface area (Å²) in [4.78, 5) is 2.24. The Balaban J connectivity index is 3.17. The maximum Gasteiger partial charge on any atom is -0.00502 e. The van der Waals surface area contributed by atoms with E-state index in [-0.39, 0.29) is 0 Å². The molecule has 0 aliphatic rings. The van der Waals surface area contributed by atoms with Crippen LogP contribution in [0.2, 0.25) is 0 Å². The van der Waals surface area contributed by atoms with Gasteiger partial charge in [0, 0.05) is 0 Å². The molecule has 1 nitrogen and oxygen atoms in total. The average molecular weight is 114 g/mol. The fourth-order valence-electron chi connectivity index (χ4n) is 0.573. The van der Waals surface area contributed by atoms with E-state index in [4.69, 9.17) is 0 Å². The van der Waals surface area contributed by atoms with E-state index in [0.717, 1.165) is 6.54 Å². The molecule has 1 unspecified atom stereocenters. The maximum absolute atomic E-state index is 3.88. The van der Waals surface area contributed by atoms with E-state index in [0.29, 0.717) is 6.04 Å². The number of hydrogen-bond donors (Lipinski definition) is 0. The molecule has 0 aliphatic carbocycles. The Morgan fingerprint density at radius 1 is 1.62 bits per heavy atom. The minimum atomic E-state index is 0.454. The van der Waals surface area contributed by atoms with Crippen LogP contribution in [0.5, 0.6) is 0 Å². The van der Waals surface area contributed by atoms with E-state index < -0.39 is 0 Å². The zero-order chi connectivity index (χ0) is 6.57. The lowest BCUT2D eigenvalue weighted by Gasteiger charge is -2.25. The molecule has 0 rings (SSSR count). The van der Waals surface area contributed by atoms with Gasteiger partial charge in [0.1, 0.15) is 0 Å². The first kappa shape index (κ1) is 7.96. The van der Waals surface area contributed by atoms with Gasteiger partial charge in [-0.2, -0.15) is 0 Å². The molecule has 8 heavy (non-hydrogen) atoms. The molecule has 50 valence electrons. The molecule has 1 atom stereocenters. The van der Waals surface area contributed by atoms with Crippen LogP contribution < -0.4 is 0 Å². The van der Waals surface area contributed by atoms with Crippen LogP contribution in [-0.4, -0.2) is 24.5 Å². The van der Waals surface area contributed by atoms with Crippen molar-refractivity contribution >= 4 is 0 Å². The molecule has 0 aliphatic heterocycles. The Morgan fingerprint density at radius 2 is 2.12 bits per heavy atom. The van der Waals surface area contributed by atoms with Gasteiger partial charge in [0.05, 0.1) is 0 Å². The third-order valence-electron chi connectivity index (χ3n) is 1.33. The molecule has 0 amide bonds. The first-order valence-electron chi connectivity index (χ1n) is 3.21. The van der Waals surface area contributed by atoms with Crippen LogP contribution >= 0.6 is 0 Å². The first-order valence-corrected chi connectivity index (χ1v) is 3.21. The summed E-state index contributed by atoms with van der Waals surface area (Å²) in [7, 11) is 2.10. The third kappa shape index (κ3) is 3.03. The second-order valence-corrected chi connectivity index (χ2v) is 2.33. The molecule has 0 aromatic rings. The van der Waals surface area contributed by atoms with Crippen molar-refractivity contribution in [2.75, 3.05) is 13.6 Å². The van der Waals surface area contributed by atoms with Gasteiger partial charge in [0.2, 0.25) is 0 Å². The lowest BCUT2D eigenvalue weighted by Crippen LogP contribution is -2.26. The topological polar surface area (TPSA) is 3.24 Å². The van der Waals surface area contributed by atoms with E-state index in [1.165, 1.54) is 6.42 Å². The highest BCUT2D eigenvalue weighted by atomic mass is 15.1. The Kier molecular flexibility index (Phi) is 3.88. The highest BCUT2D eigenvalue weighted by Crippen LogP contribution is 1.92. The monoisotopic (exact) mass is 114 g/mol. The van der Waals surface area contributed by atoms with Crippen molar-refractivity contribution in [1.29, 1.82) is 0 Å². The normalized spacial score (nSPS) is 14.6. The Morgan fingerprint density at radius 3 is 2.25 bits per heavy atom. The Bertz CT molecular complexity index is 50.3. The van der Waals surface area contributed by atoms with Crippen LogP contribution in [-0.2, 0) is 0 Å². The molecule has 0 radical (unpaired) electrons. The van der Waals surface area contributed by atoms with Crippen molar-refractivity contribution in [2.24, 2.45) is 0 Å². The standard InChI is InChI=1S/C7H16N/c1-5-6-8(4)7(2)3/h7H,2,5-6H2,1,3-4H3/q-1. The minimum Gasteiger partial charge on any atom is -0.333 e. The smallest absolute Gasteiger partial charge is 0.00502 e. The molecule has 0 N–H and O–H groups in total. The quantitative estimate of drug-likeness (QED) is 0.503. The summed E-state index contributed by atoms with van der Waals surface area (Å²) >= 11 is 0. The number of rotatable bonds is 3. The van der Waals surface area contributed by atoms with E-state index in [1.54, 1.807) is 0 Å². The van der Waals surface area contributed by atoms with Crippen LogP contribution in [0.3, 0.4) is 0 Å². The Hall–Kier alpha value is -0.0400. The molecule has 0 heterocycles. The van der Waals surface area contributed by atoms with Gasteiger partial charge in [0.25, 0.3) is 0 Å². The van der Waals surface area contributed by atoms with Crippen molar-refractivity contribution in [3.63, 3.8) is 0 Å². The summed E-state index contributed by atoms with van der Waals surface area (Å²) in [6, 6.07) is 0.454. The van der Waals surface area contributed by atoms with Crippen LogP contribution in [0.25, 0.3) is 0 Å². The predicted octanol–water partition coefficient (Wildman–Crippen LogP) is 1.55. The lowest BCUT2D eigenvalue weighted by molar-refractivity contribution is 0.296. The SMILES string of the molecule is [CH2-]C(C)N(C)CCC. The zero-order valence-electron chi connectivity index (χ0n) is 6.15. The van der Waals surface area contributed by atoms with Gasteiger partial charge in [-0.25, -0.2) is 0 Å². The minimum absolute atomic E-state index is 0.454. The van der Waals surface area contributed by atoms with Gasteiger partial charge >= 0.3 is 0 Å². The van der Waals surface area contributed by atoms with Gasteiger partial charge in [-0.15, -0.1) is 6.04 Å². The van der Waals surface area contributed by atoms with Crippen molar-refractivity contribution in [2.45, 2.75) is 26.3 Å². The Labute approximate surface area is 52.7 Å². The van der Waals surface area contributed by atoms with Gasteiger partial charge in [0.15, 0.2) is 0 Å². The van der Waals surface area contributed by atoms with Gasteiger partial charge in [-0.3, -0.25) is 0 Å². The van der Waals surface area contributed by atoms with Crippen LogP contribution in [0.4, 0.5) is 0 Å². The molecule has 1 heteroatoms. The van der Waals surface area contributed by atoms with Crippen molar-refractivity contribution in [1.82, 2.24) is 4.90 Å². The molecular formula is C7H16N-. The van der Waals surface area contributed by atoms with Crippen LogP contribution in [0.15, 0.2) is 0 Å². The first-order chi connectivity index (χ1) is 3.68. The summed E-state index contributed by atoms with van der Waals surface area (Å²) in [6.07, 6.45) is 1.22. The summed E-state index contributed by atoms with van der Waals surface area (Å²) in [6.45, 7) is 9.33. The average Bonchev–Trinajstić information content (AvgIpc) is 1.67. The van der Waals surface area contributed by atoms with Crippen LogP contribution in [0.1, 0.15) is 20.3 Å². The predicted molar refractivity (Wildman–Crippen MR) is 37.7 cm³/mol. The fraction of sp³-hybridized carbons (Fsp3) is 0.857. The third-order valence-corrected chi connectivity index (χ3v) is 1.33. The van der Waals surface area contributed by atoms with E-state index in [9.17, 15) is 0 Å². The van der Waals surface area contributed by atoms with E-state index in [2.05, 4.69) is 32.7 Å². The molecule has 0 saturated carbocycles. The second-order valence-electron chi connectivity index (χ2n) is 2.33. The summed E-state index contributed by atoms with van der Waals surface area (Å²) < 4.78 is 0. The highest BCUT2D eigenvalue weighted by Gasteiger charge is 1.92. The van der Waals surface area contributed by atoms with Crippen molar-refractivity contribution in [3.05, 3.63) is 6.92 Å². The summed E-state index contributed by atoms with van der Waals surface area (Å²) in [5.74, 6) is 0. The molecule has 0 aromatic heterocycles. The highest BCUT2D eigenvalue weighted by molar-refractivity contribution is 4.62. The van der Waals surface area contributed by atoms with Crippen LogP contribution in [0, 0.1) is 6.92 Å². The molecule has 0 fully saturated rings. The lowest BCUT2D eigenvalue weighted by atomic mass is 10.3.